The van der Waals surface area contributed by atoms with Crippen molar-refractivity contribution in [3.8, 4) is 11.8 Å². The molecule has 4 N–H and O–H groups in total. The Morgan fingerprint density at radius 2 is 1.67 bits per heavy atom. The van der Waals surface area contributed by atoms with Gasteiger partial charge in [-0.25, -0.2) is 10.9 Å². The summed E-state index contributed by atoms with van der Waals surface area (Å²) < 4.78 is 11.8. The maximum atomic E-state index is 9.91. The number of ether oxygens (including phenoxy) is 2. The second-order valence-corrected chi connectivity index (χ2v) is 8.58. The molecular formula is C26H23ClN4O2. The van der Waals surface area contributed by atoms with Crippen molar-refractivity contribution in [1.82, 2.24) is 10.9 Å². The van der Waals surface area contributed by atoms with Gasteiger partial charge in [-0.3, -0.25) is 0 Å². The maximum absolute atomic E-state index is 9.91. The number of halogens is 1. The second kappa shape index (κ2) is 9.16. The maximum Gasteiger partial charge on any atom is 0.200 e. The summed E-state index contributed by atoms with van der Waals surface area (Å²) in [7, 11) is 0. The van der Waals surface area contributed by atoms with E-state index in [4.69, 9.17) is 26.8 Å². The Hall–Kier alpha value is -3.50. The number of hydrogen-bond donors (Lipinski definition) is 3. The molecule has 166 valence electrons. The topological polar surface area (TPSA) is 92.3 Å². The van der Waals surface area contributed by atoms with Gasteiger partial charge in [0.05, 0.1) is 11.6 Å². The molecule has 2 aliphatic heterocycles. The third-order valence-electron chi connectivity index (χ3n) is 6.17. The van der Waals surface area contributed by atoms with Gasteiger partial charge < -0.3 is 15.2 Å². The summed E-state index contributed by atoms with van der Waals surface area (Å²) in [4.78, 5) is 0. The van der Waals surface area contributed by atoms with E-state index < -0.39 is 0 Å². The van der Waals surface area contributed by atoms with Crippen LogP contribution in [0.25, 0.3) is 0 Å². The highest BCUT2D eigenvalue weighted by Gasteiger charge is 2.49. The number of nitrogens with zero attached hydrogens (tertiary/aromatic N) is 1. The summed E-state index contributed by atoms with van der Waals surface area (Å²) in [6, 6.07) is 27.8. The molecule has 2 aliphatic rings. The average Bonchev–Trinajstić information content (AvgIpc) is 3.27. The Bertz CT molecular complexity index is 1190. The van der Waals surface area contributed by atoms with E-state index in [0.29, 0.717) is 17.2 Å². The van der Waals surface area contributed by atoms with E-state index in [-0.39, 0.29) is 30.0 Å². The molecule has 0 radical (unpaired) electrons. The lowest BCUT2D eigenvalue weighted by atomic mass is 9.74. The van der Waals surface area contributed by atoms with E-state index in [1.54, 1.807) is 0 Å². The van der Waals surface area contributed by atoms with Gasteiger partial charge in [0, 0.05) is 16.9 Å². The van der Waals surface area contributed by atoms with E-state index in [1.807, 2.05) is 66.7 Å². The lowest BCUT2D eigenvalue weighted by molar-refractivity contribution is 0.0340. The lowest BCUT2D eigenvalue weighted by Gasteiger charge is -2.36. The van der Waals surface area contributed by atoms with Crippen molar-refractivity contribution < 1.29 is 9.47 Å². The quantitative estimate of drug-likeness (QED) is 0.520. The van der Waals surface area contributed by atoms with Crippen LogP contribution in [0.4, 0.5) is 0 Å². The minimum Gasteiger partial charge on any atom is -0.489 e. The van der Waals surface area contributed by atoms with Crippen molar-refractivity contribution in [3.05, 3.63) is 112 Å². The molecule has 3 aromatic carbocycles. The smallest absolute Gasteiger partial charge is 0.200 e. The predicted molar refractivity (Wildman–Crippen MR) is 126 cm³/mol. The number of nitriles is 1. The van der Waals surface area contributed by atoms with Gasteiger partial charge in [0.15, 0.2) is 6.23 Å². The Balaban J connectivity index is 1.42. The molecule has 0 amide bonds. The zero-order valence-electron chi connectivity index (χ0n) is 17.7. The van der Waals surface area contributed by atoms with Crippen LogP contribution in [0.5, 0.6) is 5.75 Å². The molecule has 7 heteroatoms. The van der Waals surface area contributed by atoms with Gasteiger partial charge in [0.1, 0.15) is 18.4 Å². The fourth-order valence-electron chi connectivity index (χ4n) is 4.56. The SMILES string of the molecule is N#CC1=C(N)OC2NNC(c3ccccc3)C2C1c1ccc(OCc2ccc(Cl)cc2)cc1. The van der Waals surface area contributed by atoms with Gasteiger partial charge in [-0.15, -0.1) is 0 Å². The van der Waals surface area contributed by atoms with Crippen LogP contribution in [-0.2, 0) is 11.3 Å². The van der Waals surface area contributed by atoms with E-state index >= 15 is 0 Å². The molecule has 0 bridgehead atoms. The molecule has 0 aromatic heterocycles. The zero-order valence-corrected chi connectivity index (χ0v) is 18.5. The number of hydrogen-bond acceptors (Lipinski definition) is 6. The highest BCUT2D eigenvalue weighted by atomic mass is 35.5. The fraction of sp³-hybridized carbons (Fsp3) is 0.192. The first kappa shape index (κ1) is 21.4. The molecule has 4 atom stereocenters. The predicted octanol–water partition coefficient (Wildman–Crippen LogP) is 4.52. The van der Waals surface area contributed by atoms with Crippen LogP contribution < -0.4 is 21.3 Å². The van der Waals surface area contributed by atoms with Gasteiger partial charge in [0.25, 0.3) is 0 Å². The van der Waals surface area contributed by atoms with E-state index in [2.05, 4.69) is 29.1 Å². The first-order chi connectivity index (χ1) is 16.1. The summed E-state index contributed by atoms with van der Waals surface area (Å²) in [5.74, 6) is 0.617. The molecular weight excluding hydrogens is 436 g/mol. The summed E-state index contributed by atoms with van der Waals surface area (Å²) in [5, 5.41) is 10.6. The Labute approximate surface area is 197 Å². The molecule has 0 spiro atoms. The van der Waals surface area contributed by atoms with Crippen LogP contribution in [0.15, 0.2) is 90.3 Å². The third-order valence-corrected chi connectivity index (χ3v) is 6.42. The molecule has 6 nitrogen and oxygen atoms in total. The summed E-state index contributed by atoms with van der Waals surface area (Å²) in [6.45, 7) is 0.443. The first-order valence-electron chi connectivity index (χ1n) is 10.7. The van der Waals surface area contributed by atoms with E-state index in [1.165, 1.54) is 0 Å². The molecule has 2 heterocycles. The Morgan fingerprint density at radius 3 is 2.36 bits per heavy atom. The van der Waals surface area contributed by atoms with Gasteiger partial charge in [-0.05, 0) is 41.0 Å². The standard InChI is InChI=1S/C26H23ClN4O2/c27-19-10-6-16(7-11-19)15-32-20-12-8-17(9-13-20)22-21(14-28)25(29)33-26-23(22)24(30-31-26)18-4-2-1-3-5-18/h1-13,22-24,26,30-31H,15,29H2. The van der Waals surface area contributed by atoms with Crippen LogP contribution in [0.2, 0.25) is 5.02 Å². The van der Waals surface area contributed by atoms with Crippen molar-refractivity contribution in [2.75, 3.05) is 0 Å². The molecule has 1 saturated heterocycles. The normalized spacial score (nSPS) is 24.0. The summed E-state index contributed by atoms with van der Waals surface area (Å²) in [6.07, 6.45) is -0.349. The van der Waals surface area contributed by atoms with Gasteiger partial charge in [0.2, 0.25) is 5.88 Å². The number of hydrazine groups is 1. The van der Waals surface area contributed by atoms with Crippen molar-refractivity contribution in [2.45, 2.75) is 24.8 Å². The highest BCUT2D eigenvalue weighted by Crippen LogP contribution is 2.47. The van der Waals surface area contributed by atoms with Gasteiger partial charge >= 0.3 is 0 Å². The van der Waals surface area contributed by atoms with Crippen LogP contribution in [0, 0.1) is 17.2 Å². The Morgan fingerprint density at radius 1 is 0.939 bits per heavy atom. The minimum absolute atomic E-state index is 0.0431. The summed E-state index contributed by atoms with van der Waals surface area (Å²) in [5.41, 5.74) is 16.3. The number of fused-ring (bicyclic) bond motifs is 1. The molecule has 4 unspecified atom stereocenters. The number of benzene rings is 3. The largest absolute Gasteiger partial charge is 0.489 e. The molecule has 0 saturated carbocycles. The first-order valence-corrected chi connectivity index (χ1v) is 11.1. The van der Waals surface area contributed by atoms with Crippen LogP contribution in [0.1, 0.15) is 28.7 Å². The molecule has 1 fully saturated rings. The third kappa shape index (κ3) is 4.27. The van der Waals surface area contributed by atoms with Crippen molar-refractivity contribution in [2.24, 2.45) is 11.7 Å². The molecule has 3 aromatic rings. The number of rotatable bonds is 5. The van der Waals surface area contributed by atoms with Crippen LogP contribution in [0.3, 0.4) is 0 Å². The number of nitrogens with two attached hydrogens (primary N) is 1. The molecule has 0 aliphatic carbocycles. The van der Waals surface area contributed by atoms with Gasteiger partial charge in [-0.2, -0.15) is 5.26 Å². The minimum atomic E-state index is -0.349. The highest BCUT2D eigenvalue weighted by molar-refractivity contribution is 6.30. The zero-order chi connectivity index (χ0) is 22.8. The van der Waals surface area contributed by atoms with Crippen LogP contribution >= 0.6 is 11.6 Å². The molecule has 5 rings (SSSR count). The number of nitrogens with one attached hydrogen (secondary N) is 2. The lowest BCUT2D eigenvalue weighted by Crippen LogP contribution is -2.40. The van der Waals surface area contributed by atoms with Gasteiger partial charge in [-0.1, -0.05) is 66.2 Å². The average molecular weight is 459 g/mol. The van der Waals surface area contributed by atoms with E-state index in [9.17, 15) is 5.26 Å². The fourth-order valence-corrected chi connectivity index (χ4v) is 4.68. The van der Waals surface area contributed by atoms with Crippen molar-refractivity contribution >= 4 is 11.6 Å². The van der Waals surface area contributed by atoms with Crippen LogP contribution in [-0.4, -0.2) is 6.23 Å². The number of allylic oxidation sites excluding steroid dienone is 1. The van der Waals surface area contributed by atoms with E-state index in [0.717, 1.165) is 22.4 Å². The van der Waals surface area contributed by atoms with Crippen molar-refractivity contribution in [1.29, 1.82) is 5.26 Å². The molecule has 33 heavy (non-hydrogen) atoms. The summed E-state index contributed by atoms with van der Waals surface area (Å²) >= 11 is 5.95. The van der Waals surface area contributed by atoms with Crippen molar-refractivity contribution in [3.63, 3.8) is 0 Å². The monoisotopic (exact) mass is 458 g/mol. The Kier molecular flexibility index (Phi) is 5.93. The second-order valence-electron chi connectivity index (χ2n) is 8.14.